The summed E-state index contributed by atoms with van der Waals surface area (Å²) in [5, 5.41) is 10.7. The Morgan fingerprint density at radius 2 is 2.33 bits per heavy atom. The number of carboxylic acids is 1. The number of aromatic carboxylic acids is 1. The van der Waals surface area contributed by atoms with Crippen LogP contribution in [0.25, 0.3) is 0 Å². The normalized spacial score (nSPS) is 10.6. The standard InChI is InChI=1S/C11H9BrN2O3S/c1-6-8(12)10(15)14(5-13-6)4-7-2-3-18-9(7)11(16)17/h2-3,5H,4H2,1H3,(H,16,17). The lowest BCUT2D eigenvalue weighted by atomic mass is 10.2. The number of hydrogen-bond donors (Lipinski definition) is 1. The molecule has 94 valence electrons. The summed E-state index contributed by atoms with van der Waals surface area (Å²) in [6.45, 7) is 1.93. The number of carbonyl (C=O) groups is 1. The molecule has 0 aliphatic heterocycles. The molecule has 0 atom stereocenters. The predicted octanol–water partition coefficient (Wildman–Crippen LogP) is 2.12. The number of carboxylic acid groups (broad SMARTS) is 1. The van der Waals surface area contributed by atoms with Crippen LogP contribution in [-0.4, -0.2) is 20.6 Å². The van der Waals surface area contributed by atoms with Gasteiger partial charge in [0.1, 0.15) is 9.35 Å². The molecule has 0 amide bonds. The first kappa shape index (κ1) is 13.0. The van der Waals surface area contributed by atoms with Crippen molar-refractivity contribution in [2.75, 3.05) is 0 Å². The molecule has 0 radical (unpaired) electrons. The Morgan fingerprint density at radius 3 is 3.00 bits per heavy atom. The fraction of sp³-hybridized carbons (Fsp3) is 0.182. The van der Waals surface area contributed by atoms with Crippen LogP contribution >= 0.6 is 27.3 Å². The van der Waals surface area contributed by atoms with Crippen molar-refractivity contribution in [1.82, 2.24) is 9.55 Å². The average Bonchev–Trinajstić information content (AvgIpc) is 2.78. The van der Waals surface area contributed by atoms with Crippen molar-refractivity contribution in [2.45, 2.75) is 13.5 Å². The van der Waals surface area contributed by atoms with E-state index in [-0.39, 0.29) is 17.0 Å². The van der Waals surface area contributed by atoms with Crippen molar-refractivity contribution in [2.24, 2.45) is 0 Å². The minimum Gasteiger partial charge on any atom is -0.477 e. The Morgan fingerprint density at radius 1 is 1.61 bits per heavy atom. The summed E-state index contributed by atoms with van der Waals surface area (Å²) in [5.41, 5.74) is 0.997. The molecule has 2 aromatic heterocycles. The molecule has 18 heavy (non-hydrogen) atoms. The van der Waals surface area contributed by atoms with E-state index in [0.29, 0.717) is 15.7 Å². The Bertz CT molecular complexity index is 663. The van der Waals surface area contributed by atoms with Crippen molar-refractivity contribution in [3.8, 4) is 0 Å². The van der Waals surface area contributed by atoms with E-state index in [1.807, 2.05) is 0 Å². The molecule has 7 heteroatoms. The summed E-state index contributed by atoms with van der Waals surface area (Å²) in [4.78, 5) is 27.2. The van der Waals surface area contributed by atoms with E-state index >= 15 is 0 Å². The fourth-order valence-corrected chi connectivity index (χ4v) is 2.57. The molecule has 2 heterocycles. The largest absolute Gasteiger partial charge is 0.477 e. The smallest absolute Gasteiger partial charge is 0.346 e. The monoisotopic (exact) mass is 328 g/mol. The maximum Gasteiger partial charge on any atom is 0.346 e. The third-order valence-electron chi connectivity index (χ3n) is 2.44. The van der Waals surface area contributed by atoms with Crippen LogP contribution in [-0.2, 0) is 6.54 Å². The Kier molecular flexibility index (Phi) is 3.63. The Labute approximate surface area is 115 Å². The highest BCUT2D eigenvalue weighted by molar-refractivity contribution is 9.10. The molecule has 0 unspecified atom stereocenters. The van der Waals surface area contributed by atoms with Gasteiger partial charge in [0, 0.05) is 0 Å². The number of aryl methyl sites for hydroxylation is 1. The van der Waals surface area contributed by atoms with Gasteiger partial charge in [-0.15, -0.1) is 11.3 Å². The summed E-state index contributed by atoms with van der Waals surface area (Å²) in [6, 6.07) is 1.70. The summed E-state index contributed by atoms with van der Waals surface area (Å²) < 4.78 is 1.78. The molecule has 1 N–H and O–H groups in total. The zero-order valence-corrected chi connectivity index (χ0v) is 11.8. The highest BCUT2D eigenvalue weighted by Crippen LogP contribution is 2.17. The van der Waals surface area contributed by atoms with E-state index in [2.05, 4.69) is 20.9 Å². The Hall–Kier alpha value is -1.47. The van der Waals surface area contributed by atoms with Gasteiger partial charge in [-0.25, -0.2) is 9.78 Å². The zero-order chi connectivity index (χ0) is 13.3. The SMILES string of the molecule is Cc1ncn(Cc2ccsc2C(=O)O)c(=O)c1Br. The second-order valence-corrected chi connectivity index (χ2v) is 5.37. The van der Waals surface area contributed by atoms with Gasteiger partial charge in [0.2, 0.25) is 0 Å². The van der Waals surface area contributed by atoms with Gasteiger partial charge in [0.15, 0.2) is 0 Å². The van der Waals surface area contributed by atoms with Crippen molar-refractivity contribution >= 4 is 33.2 Å². The van der Waals surface area contributed by atoms with E-state index in [0.717, 1.165) is 11.3 Å². The first-order valence-corrected chi connectivity index (χ1v) is 6.69. The molecular formula is C11H9BrN2O3S. The average molecular weight is 329 g/mol. The molecule has 2 rings (SSSR count). The number of hydrogen-bond acceptors (Lipinski definition) is 4. The topological polar surface area (TPSA) is 72.2 Å². The van der Waals surface area contributed by atoms with E-state index < -0.39 is 5.97 Å². The highest BCUT2D eigenvalue weighted by atomic mass is 79.9. The third kappa shape index (κ3) is 2.37. The molecule has 0 aliphatic carbocycles. The van der Waals surface area contributed by atoms with Gasteiger partial charge in [-0.05, 0) is 39.9 Å². The van der Waals surface area contributed by atoms with E-state index in [1.54, 1.807) is 18.4 Å². The molecule has 0 fully saturated rings. The second-order valence-electron chi connectivity index (χ2n) is 3.66. The van der Waals surface area contributed by atoms with Crippen LogP contribution in [0.4, 0.5) is 0 Å². The van der Waals surface area contributed by atoms with E-state index in [1.165, 1.54) is 10.9 Å². The molecule has 0 saturated heterocycles. The lowest BCUT2D eigenvalue weighted by molar-refractivity contribution is 0.0701. The van der Waals surface area contributed by atoms with Crippen LogP contribution in [0, 0.1) is 6.92 Å². The summed E-state index contributed by atoms with van der Waals surface area (Å²) >= 11 is 4.32. The fourth-order valence-electron chi connectivity index (χ4n) is 1.49. The van der Waals surface area contributed by atoms with Crippen LogP contribution in [0.3, 0.4) is 0 Å². The van der Waals surface area contributed by atoms with Gasteiger partial charge in [-0.1, -0.05) is 0 Å². The van der Waals surface area contributed by atoms with Crippen LogP contribution in [0.5, 0.6) is 0 Å². The van der Waals surface area contributed by atoms with Crippen LogP contribution in [0.15, 0.2) is 27.0 Å². The van der Waals surface area contributed by atoms with Gasteiger partial charge in [0.05, 0.1) is 18.6 Å². The van der Waals surface area contributed by atoms with E-state index in [9.17, 15) is 9.59 Å². The lowest BCUT2D eigenvalue weighted by Gasteiger charge is -2.06. The first-order chi connectivity index (χ1) is 8.50. The molecule has 2 aromatic rings. The number of rotatable bonds is 3. The van der Waals surface area contributed by atoms with Gasteiger partial charge in [-0.3, -0.25) is 9.36 Å². The van der Waals surface area contributed by atoms with Crippen molar-refractivity contribution < 1.29 is 9.90 Å². The molecule has 0 aliphatic rings. The number of aromatic nitrogens is 2. The predicted molar refractivity (Wildman–Crippen MR) is 71.3 cm³/mol. The van der Waals surface area contributed by atoms with Crippen molar-refractivity contribution in [3.05, 3.63) is 48.7 Å². The van der Waals surface area contributed by atoms with Crippen LogP contribution in [0.1, 0.15) is 20.9 Å². The molecular weight excluding hydrogens is 320 g/mol. The Balaban J connectivity index is 2.41. The second kappa shape index (κ2) is 5.03. The molecule has 0 saturated carbocycles. The maximum atomic E-state index is 11.9. The van der Waals surface area contributed by atoms with Gasteiger partial charge < -0.3 is 5.11 Å². The molecule has 0 aromatic carbocycles. The van der Waals surface area contributed by atoms with Gasteiger partial charge >= 0.3 is 5.97 Å². The molecule has 0 bridgehead atoms. The quantitative estimate of drug-likeness (QED) is 0.936. The molecule has 0 spiro atoms. The van der Waals surface area contributed by atoms with Gasteiger partial charge in [0.25, 0.3) is 5.56 Å². The van der Waals surface area contributed by atoms with Crippen molar-refractivity contribution in [3.63, 3.8) is 0 Å². The van der Waals surface area contributed by atoms with E-state index in [4.69, 9.17) is 5.11 Å². The summed E-state index contributed by atoms with van der Waals surface area (Å²) in [5.74, 6) is -0.979. The lowest BCUT2D eigenvalue weighted by Crippen LogP contribution is -2.23. The maximum absolute atomic E-state index is 11.9. The van der Waals surface area contributed by atoms with Crippen LogP contribution in [0.2, 0.25) is 0 Å². The summed E-state index contributed by atoms with van der Waals surface area (Å²) in [7, 11) is 0. The minimum absolute atomic E-state index is 0.204. The number of halogens is 1. The van der Waals surface area contributed by atoms with Gasteiger partial charge in [-0.2, -0.15) is 0 Å². The number of nitrogens with zero attached hydrogens (tertiary/aromatic N) is 2. The summed E-state index contributed by atoms with van der Waals surface area (Å²) in [6.07, 6.45) is 1.42. The van der Waals surface area contributed by atoms with Crippen LogP contribution < -0.4 is 5.56 Å². The highest BCUT2D eigenvalue weighted by Gasteiger charge is 2.13. The third-order valence-corrected chi connectivity index (χ3v) is 4.30. The zero-order valence-electron chi connectivity index (χ0n) is 9.38. The van der Waals surface area contributed by atoms with Crippen molar-refractivity contribution in [1.29, 1.82) is 0 Å². The minimum atomic E-state index is -0.979. The first-order valence-electron chi connectivity index (χ1n) is 5.02. The number of thiophene rings is 1. The molecule has 5 nitrogen and oxygen atoms in total.